The van der Waals surface area contributed by atoms with Gasteiger partial charge in [0.25, 0.3) is 0 Å². The first-order valence-electron chi connectivity index (χ1n) is 3.49. The fourth-order valence-electron chi connectivity index (χ4n) is 0.911. The molecule has 1 atom stereocenters. The van der Waals surface area contributed by atoms with Crippen molar-refractivity contribution in [3.63, 3.8) is 0 Å². The second-order valence-corrected chi connectivity index (χ2v) is 3.68. The fraction of sp³-hybridized carbons (Fsp3) is 0.222. The van der Waals surface area contributed by atoms with Gasteiger partial charge in [-0.25, -0.2) is 4.39 Å². The Morgan fingerprint density at radius 1 is 1.50 bits per heavy atom. The predicted octanol–water partition coefficient (Wildman–Crippen LogP) is 3.32. The molecule has 3 heteroatoms. The number of halogens is 3. The second-order valence-electron chi connectivity index (χ2n) is 2.52. The summed E-state index contributed by atoms with van der Waals surface area (Å²) in [4.78, 5) is 0. The van der Waals surface area contributed by atoms with E-state index in [0.717, 1.165) is 3.57 Å². The highest BCUT2D eigenvalue weighted by molar-refractivity contribution is 14.1. The van der Waals surface area contributed by atoms with Crippen LogP contribution in [0.4, 0.5) is 8.78 Å². The Kier molecular flexibility index (Phi) is 3.43. The van der Waals surface area contributed by atoms with Crippen LogP contribution in [0, 0.1) is 16.3 Å². The van der Waals surface area contributed by atoms with E-state index in [4.69, 9.17) is 0 Å². The summed E-state index contributed by atoms with van der Waals surface area (Å²) in [5.74, 6) is -0.805. The highest BCUT2D eigenvalue weighted by atomic mass is 127. The Morgan fingerprint density at radius 3 is 2.75 bits per heavy atom. The highest BCUT2D eigenvalue weighted by Crippen LogP contribution is 2.22. The van der Waals surface area contributed by atoms with Crippen LogP contribution in [0.1, 0.15) is 11.5 Å². The summed E-state index contributed by atoms with van der Waals surface area (Å²) in [6, 6.07) is 4.31. The molecule has 0 spiro atoms. The average molecular weight is 281 g/mol. The molecule has 0 saturated carbocycles. The molecule has 1 unspecified atom stereocenters. The lowest BCUT2D eigenvalue weighted by Gasteiger charge is -2.08. The zero-order valence-corrected chi connectivity index (χ0v) is 8.52. The highest BCUT2D eigenvalue weighted by Gasteiger charge is 2.09. The predicted molar refractivity (Wildman–Crippen MR) is 53.2 cm³/mol. The van der Waals surface area contributed by atoms with Gasteiger partial charge in [0, 0.05) is 9.49 Å². The van der Waals surface area contributed by atoms with Gasteiger partial charge in [0.15, 0.2) is 0 Å². The van der Waals surface area contributed by atoms with Crippen molar-refractivity contribution >= 4 is 22.6 Å². The Balaban J connectivity index is 3.04. The summed E-state index contributed by atoms with van der Waals surface area (Å²) in [6.07, 6.45) is 0. The summed E-state index contributed by atoms with van der Waals surface area (Å²) in [5.41, 5.74) is 0.637. The molecular weight excluding hydrogens is 273 g/mol. The first kappa shape index (κ1) is 9.89. The van der Waals surface area contributed by atoms with Crippen molar-refractivity contribution in [3.8, 4) is 0 Å². The van der Waals surface area contributed by atoms with Crippen LogP contribution in [-0.2, 0) is 0 Å². The van der Waals surface area contributed by atoms with Crippen molar-refractivity contribution < 1.29 is 8.78 Å². The van der Waals surface area contributed by atoms with E-state index in [1.165, 1.54) is 12.1 Å². The SMILES string of the molecule is [CH2]C(CF)c1cc(F)ccc1I. The molecule has 0 bridgehead atoms. The summed E-state index contributed by atoms with van der Waals surface area (Å²) in [5, 5.41) is 0. The third kappa shape index (κ3) is 2.15. The number of alkyl halides is 1. The van der Waals surface area contributed by atoms with Gasteiger partial charge >= 0.3 is 0 Å². The quantitative estimate of drug-likeness (QED) is 0.729. The normalized spacial score (nSPS) is 13.0. The summed E-state index contributed by atoms with van der Waals surface area (Å²) < 4.78 is 25.7. The minimum absolute atomic E-state index is 0.340. The second kappa shape index (κ2) is 4.16. The molecule has 0 aliphatic rings. The van der Waals surface area contributed by atoms with Crippen molar-refractivity contribution in [3.05, 3.63) is 40.1 Å². The van der Waals surface area contributed by atoms with Crippen LogP contribution >= 0.6 is 22.6 Å². The molecule has 0 N–H and O–H groups in total. The van der Waals surface area contributed by atoms with Gasteiger partial charge in [0.1, 0.15) is 5.82 Å². The van der Waals surface area contributed by atoms with Gasteiger partial charge in [-0.05, 0) is 53.3 Å². The van der Waals surface area contributed by atoms with Crippen LogP contribution < -0.4 is 0 Å². The fourth-order valence-corrected chi connectivity index (χ4v) is 1.69. The number of benzene rings is 1. The number of hydrogen-bond donors (Lipinski definition) is 0. The van der Waals surface area contributed by atoms with Gasteiger partial charge in [-0.1, -0.05) is 0 Å². The lowest BCUT2D eigenvalue weighted by Crippen LogP contribution is -1.99. The molecule has 1 radical (unpaired) electrons. The van der Waals surface area contributed by atoms with Crippen LogP contribution in [0.5, 0.6) is 0 Å². The maximum absolute atomic E-state index is 12.7. The van der Waals surface area contributed by atoms with E-state index in [1.54, 1.807) is 6.07 Å². The summed E-state index contributed by atoms with van der Waals surface area (Å²) >= 11 is 2.04. The Bertz CT molecular complexity index is 273. The zero-order chi connectivity index (χ0) is 9.14. The molecule has 0 amide bonds. The zero-order valence-electron chi connectivity index (χ0n) is 6.36. The van der Waals surface area contributed by atoms with Crippen LogP contribution in [0.15, 0.2) is 18.2 Å². The smallest absolute Gasteiger partial charge is 0.123 e. The summed E-state index contributed by atoms with van der Waals surface area (Å²) in [7, 11) is 0. The molecular formula is C9H8F2I. The first-order chi connectivity index (χ1) is 5.65. The van der Waals surface area contributed by atoms with Crippen molar-refractivity contribution in [1.29, 1.82) is 0 Å². The van der Waals surface area contributed by atoms with Gasteiger partial charge in [0.05, 0.1) is 6.67 Å². The van der Waals surface area contributed by atoms with E-state index in [2.05, 4.69) is 6.92 Å². The van der Waals surface area contributed by atoms with E-state index >= 15 is 0 Å². The van der Waals surface area contributed by atoms with E-state index in [9.17, 15) is 8.78 Å². The van der Waals surface area contributed by atoms with Crippen LogP contribution in [-0.4, -0.2) is 6.67 Å². The molecule has 1 aromatic rings. The minimum Gasteiger partial charge on any atom is -0.250 e. The Labute approximate surface area is 84.1 Å². The van der Waals surface area contributed by atoms with Gasteiger partial charge in [-0.2, -0.15) is 0 Å². The maximum atomic E-state index is 12.7. The third-order valence-electron chi connectivity index (χ3n) is 1.58. The molecule has 0 fully saturated rings. The molecule has 1 rings (SSSR count). The maximum Gasteiger partial charge on any atom is 0.123 e. The van der Waals surface area contributed by atoms with Crippen LogP contribution in [0.3, 0.4) is 0 Å². The van der Waals surface area contributed by atoms with Crippen LogP contribution in [0.2, 0.25) is 0 Å². The molecule has 1 aromatic carbocycles. The molecule has 0 heterocycles. The van der Waals surface area contributed by atoms with Crippen molar-refractivity contribution in [1.82, 2.24) is 0 Å². The van der Waals surface area contributed by atoms with Crippen LogP contribution in [0.25, 0.3) is 0 Å². The minimum atomic E-state index is -0.556. The Morgan fingerprint density at radius 2 is 2.17 bits per heavy atom. The monoisotopic (exact) mass is 281 g/mol. The van der Waals surface area contributed by atoms with Gasteiger partial charge in [-0.3, -0.25) is 4.39 Å². The van der Waals surface area contributed by atoms with E-state index < -0.39 is 12.6 Å². The molecule has 0 aromatic heterocycles. The molecule has 65 valence electrons. The van der Waals surface area contributed by atoms with E-state index in [0.29, 0.717) is 5.56 Å². The van der Waals surface area contributed by atoms with Gasteiger partial charge in [0.2, 0.25) is 0 Å². The standard InChI is InChI=1S/C9H8F2I/c1-6(5-10)8-4-7(11)2-3-9(8)12/h2-4,6H,1,5H2. The van der Waals surface area contributed by atoms with E-state index in [-0.39, 0.29) is 5.82 Å². The molecule has 0 saturated heterocycles. The molecule has 12 heavy (non-hydrogen) atoms. The Hall–Kier alpha value is -0.190. The molecule has 0 aliphatic heterocycles. The average Bonchev–Trinajstić information content (AvgIpc) is 2.08. The van der Waals surface area contributed by atoms with Crippen molar-refractivity contribution in [2.45, 2.75) is 5.92 Å². The first-order valence-corrected chi connectivity index (χ1v) is 4.57. The molecule has 0 nitrogen and oxygen atoms in total. The van der Waals surface area contributed by atoms with Crippen molar-refractivity contribution in [2.24, 2.45) is 0 Å². The number of hydrogen-bond acceptors (Lipinski definition) is 0. The van der Waals surface area contributed by atoms with Gasteiger partial charge in [-0.15, -0.1) is 0 Å². The van der Waals surface area contributed by atoms with Crippen molar-refractivity contribution in [2.75, 3.05) is 6.67 Å². The summed E-state index contributed by atoms with van der Waals surface area (Å²) in [6.45, 7) is 3.03. The largest absolute Gasteiger partial charge is 0.250 e. The lowest BCUT2D eigenvalue weighted by molar-refractivity contribution is 0.463. The number of rotatable bonds is 2. The topological polar surface area (TPSA) is 0 Å². The third-order valence-corrected chi connectivity index (χ3v) is 2.57. The van der Waals surface area contributed by atoms with Gasteiger partial charge < -0.3 is 0 Å². The lowest BCUT2D eigenvalue weighted by atomic mass is 10.0. The molecule has 0 aliphatic carbocycles. The van der Waals surface area contributed by atoms with E-state index in [1.807, 2.05) is 22.6 Å².